The molecule has 98 valence electrons. The van der Waals surface area contributed by atoms with Crippen LogP contribution in [0.25, 0.3) is 0 Å². The van der Waals surface area contributed by atoms with Gasteiger partial charge in [-0.3, -0.25) is 14.4 Å². The molecule has 1 heterocycles. The zero-order valence-corrected chi connectivity index (χ0v) is 10.3. The van der Waals surface area contributed by atoms with Gasteiger partial charge in [0.15, 0.2) is 0 Å². The van der Waals surface area contributed by atoms with Crippen molar-refractivity contribution in [3.8, 4) is 0 Å². The summed E-state index contributed by atoms with van der Waals surface area (Å²) in [5.41, 5.74) is -0.0700. The fourth-order valence-corrected chi connectivity index (χ4v) is 2.12. The molecular formula is C12H16N2O4. The van der Waals surface area contributed by atoms with Crippen molar-refractivity contribution in [2.45, 2.75) is 19.8 Å². The maximum absolute atomic E-state index is 11.5. The molecule has 0 unspecified atom stereocenters. The highest BCUT2D eigenvalue weighted by molar-refractivity contribution is 5.77. The molecule has 0 spiro atoms. The summed E-state index contributed by atoms with van der Waals surface area (Å²) in [6.07, 6.45) is 1.06. The molecule has 1 aromatic rings. The quantitative estimate of drug-likeness (QED) is 0.593. The summed E-state index contributed by atoms with van der Waals surface area (Å²) in [4.78, 5) is 36.0. The van der Waals surface area contributed by atoms with E-state index in [9.17, 15) is 14.4 Å². The second-order valence-electron chi connectivity index (χ2n) is 4.20. The highest BCUT2D eigenvalue weighted by Crippen LogP contribution is 2.23. The van der Waals surface area contributed by atoms with Crippen LogP contribution in [0.15, 0.2) is 9.59 Å². The first-order chi connectivity index (χ1) is 8.65. The fourth-order valence-electron chi connectivity index (χ4n) is 2.12. The van der Waals surface area contributed by atoms with E-state index in [1.807, 2.05) is 0 Å². The van der Waals surface area contributed by atoms with E-state index in [4.69, 9.17) is 4.74 Å². The molecule has 1 aliphatic heterocycles. The molecule has 0 aliphatic carbocycles. The summed E-state index contributed by atoms with van der Waals surface area (Å²) in [5.74, 6) is -0.282. The van der Waals surface area contributed by atoms with E-state index in [2.05, 4.69) is 5.32 Å². The Balaban J connectivity index is 2.05. The number of carbonyl (C=O) groups is 1. The van der Waals surface area contributed by atoms with Gasteiger partial charge in [0.1, 0.15) is 11.4 Å². The summed E-state index contributed by atoms with van der Waals surface area (Å²) in [6.45, 7) is 3.87. The Kier molecular flexibility index (Phi) is 3.64. The Morgan fingerprint density at radius 2 is 2.17 bits per heavy atom. The van der Waals surface area contributed by atoms with Gasteiger partial charge in [0.2, 0.25) is 0 Å². The summed E-state index contributed by atoms with van der Waals surface area (Å²) in [5, 5.41) is 2.96. The van der Waals surface area contributed by atoms with E-state index < -0.39 is 10.9 Å². The van der Waals surface area contributed by atoms with Crippen molar-refractivity contribution in [3.63, 3.8) is 0 Å². The van der Waals surface area contributed by atoms with Gasteiger partial charge in [0.05, 0.1) is 13.0 Å². The summed E-state index contributed by atoms with van der Waals surface area (Å²) in [7, 11) is 0. The Morgan fingerprint density at radius 1 is 1.39 bits per heavy atom. The summed E-state index contributed by atoms with van der Waals surface area (Å²) >= 11 is 0. The van der Waals surface area contributed by atoms with Crippen LogP contribution in [0, 0.1) is 0 Å². The predicted molar refractivity (Wildman–Crippen MR) is 67.9 cm³/mol. The number of hydrogen-bond donors (Lipinski definition) is 1. The van der Waals surface area contributed by atoms with Crippen LogP contribution in [0.5, 0.6) is 0 Å². The normalized spacial score (nSPS) is 14.8. The number of nitrogens with one attached hydrogen (secondary N) is 1. The van der Waals surface area contributed by atoms with Crippen LogP contribution in [-0.2, 0) is 9.53 Å². The number of carbonyl (C=O) groups excluding carboxylic acids is 1. The number of anilines is 2. The van der Waals surface area contributed by atoms with Crippen LogP contribution < -0.4 is 21.1 Å². The van der Waals surface area contributed by atoms with Crippen molar-refractivity contribution in [2.24, 2.45) is 0 Å². The molecule has 0 saturated heterocycles. The monoisotopic (exact) mass is 252 g/mol. The van der Waals surface area contributed by atoms with E-state index in [1.54, 1.807) is 11.8 Å². The minimum absolute atomic E-state index is 0.228. The molecule has 1 N–H and O–H groups in total. The maximum Gasteiger partial charge on any atom is 0.307 e. The Morgan fingerprint density at radius 3 is 2.89 bits per heavy atom. The third-order valence-electron chi connectivity index (χ3n) is 3.00. The SMILES string of the molecule is CCOC(=O)CCN1CCCNc2c1c(=O)c2=O. The molecule has 1 aliphatic rings. The Labute approximate surface area is 104 Å². The number of nitrogens with zero attached hydrogens (tertiary/aromatic N) is 1. The lowest BCUT2D eigenvalue weighted by Gasteiger charge is -2.24. The van der Waals surface area contributed by atoms with Gasteiger partial charge in [-0.25, -0.2) is 0 Å². The van der Waals surface area contributed by atoms with Gasteiger partial charge in [-0.05, 0) is 13.3 Å². The van der Waals surface area contributed by atoms with E-state index in [0.29, 0.717) is 37.6 Å². The van der Waals surface area contributed by atoms with Gasteiger partial charge < -0.3 is 15.0 Å². The molecule has 2 rings (SSSR count). The Hall–Kier alpha value is -1.85. The molecule has 0 bridgehead atoms. The minimum atomic E-state index is -0.455. The summed E-state index contributed by atoms with van der Waals surface area (Å²) in [6, 6.07) is 0. The van der Waals surface area contributed by atoms with Crippen LogP contribution in [0.2, 0.25) is 0 Å². The zero-order chi connectivity index (χ0) is 13.1. The topological polar surface area (TPSA) is 75.7 Å². The van der Waals surface area contributed by atoms with Crippen LogP contribution in [-0.4, -0.2) is 32.2 Å². The number of fused-ring (bicyclic) bond motifs is 1. The van der Waals surface area contributed by atoms with E-state index in [1.165, 1.54) is 0 Å². The number of ether oxygens (including phenoxy) is 1. The van der Waals surface area contributed by atoms with Crippen LogP contribution in [0.3, 0.4) is 0 Å². The second kappa shape index (κ2) is 5.20. The van der Waals surface area contributed by atoms with Gasteiger partial charge in [0, 0.05) is 19.6 Å². The smallest absolute Gasteiger partial charge is 0.307 e. The average molecular weight is 252 g/mol. The van der Waals surface area contributed by atoms with Crippen LogP contribution >= 0.6 is 0 Å². The molecular weight excluding hydrogens is 236 g/mol. The first kappa shape index (κ1) is 12.6. The van der Waals surface area contributed by atoms with Crippen molar-refractivity contribution in [2.75, 3.05) is 36.5 Å². The molecule has 18 heavy (non-hydrogen) atoms. The van der Waals surface area contributed by atoms with Crippen LogP contribution in [0.4, 0.5) is 11.4 Å². The lowest BCUT2D eigenvalue weighted by atomic mass is 10.1. The molecule has 6 nitrogen and oxygen atoms in total. The van der Waals surface area contributed by atoms with Crippen molar-refractivity contribution >= 4 is 17.3 Å². The largest absolute Gasteiger partial charge is 0.466 e. The highest BCUT2D eigenvalue weighted by Gasteiger charge is 2.27. The second-order valence-corrected chi connectivity index (χ2v) is 4.20. The highest BCUT2D eigenvalue weighted by atomic mass is 16.5. The van der Waals surface area contributed by atoms with Gasteiger partial charge in [-0.1, -0.05) is 0 Å². The zero-order valence-electron chi connectivity index (χ0n) is 10.3. The molecule has 6 heteroatoms. The average Bonchev–Trinajstić information content (AvgIpc) is 2.56. The van der Waals surface area contributed by atoms with E-state index in [0.717, 1.165) is 6.42 Å². The molecule has 0 atom stereocenters. The molecule has 0 radical (unpaired) electrons. The van der Waals surface area contributed by atoms with Gasteiger partial charge >= 0.3 is 5.97 Å². The molecule has 0 aromatic heterocycles. The standard InChI is InChI=1S/C12H16N2O4/c1-2-18-8(15)4-7-14-6-3-5-13-9-10(14)12(17)11(9)16/h13H,2-7H2,1H3. The predicted octanol–water partition coefficient (Wildman–Crippen LogP) is -0.142. The van der Waals surface area contributed by atoms with Crippen molar-refractivity contribution in [3.05, 3.63) is 20.4 Å². The molecule has 1 aromatic carbocycles. The van der Waals surface area contributed by atoms with E-state index >= 15 is 0 Å². The van der Waals surface area contributed by atoms with Gasteiger partial charge in [-0.15, -0.1) is 0 Å². The van der Waals surface area contributed by atoms with E-state index in [-0.39, 0.29) is 12.4 Å². The number of hydrogen-bond acceptors (Lipinski definition) is 6. The molecule has 0 saturated carbocycles. The van der Waals surface area contributed by atoms with Crippen molar-refractivity contribution in [1.29, 1.82) is 0 Å². The minimum Gasteiger partial charge on any atom is -0.466 e. The fraction of sp³-hybridized carbons (Fsp3) is 0.583. The first-order valence-corrected chi connectivity index (χ1v) is 6.13. The van der Waals surface area contributed by atoms with Gasteiger partial charge in [0.25, 0.3) is 10.9 Å². The molecule has 0 fully saturated rings. The number of esters is 1. The Bertz CT molecular complexity index is 516. The third-order valence-corrected chi connectivity index (χ3v) is 3.00. The maximum atomic E-state index is 11.5. The third kappa shape index (κ3) is 2.23. The van der Waals surface area contributed by atoms with Crippen molar-refractivity contribution in [1.82, 2.24) is 0 Å². The lowest BCUT2D eigenvalue weighted by Crippen LogP contribution is -2.42. The number of rotatable bonds is 4. The van der Waals surface area contributed by atoms with Gasteiger partial charge in [-0.2, -0.15) is 0 Å². The summed E-state index contributed by atoms with van der Waals surface area (Å²) < 4.78 is 4.84. The lowest BCUT2D eigenvalue weighted by molar-refractivity contribution is -0.142. The molecule has 0 amide bonds. The van der Waals surface area contributed by atoms with Crippen molar-refractivity contribution < 1.29 is 9.53 Å². The van der Waals surface area contributed by atoms with Crippen LogP contribution in [0.1, 0.15) is 19.8 Å². The first-order valence-electron chi connectivity index (χ1n) is 6.13.